The van der Waals surface area contributed by atoms with Gasteiger partial charge in [0, 0.05) is 17.1 Å². The SMILES string of the molecule is CC1=C(C(=O)Nc2ccc(C)cc2C)C(c2cccc(C)c2)n2ncc(C(=O)Nc3ccc(C)cc3)c2N1. The van der Waals surface area contributed by atoms with Gasteiger partial charge in [0.15, 0.2) is 0 Å². The van der Waals surface area contributed by atoms with Crippen molar-refractivity contribution in [2.24, 2.45) is 0 Å². The van der Waals surface area contributed by atoms with Crippen molar-refractivity contribution in [1.29, 1.82) is 0 Å². The maximum atomic E-state index is 13.8. The van der Waals surface area contributed by atoms with Crippen LogP contribution >= 0.6 is 0 Å². The maximum absolute atomic E-state index is 13.8. The van der Waals surface area contributed by atoms with Crippen LogP contribution in [-0.2, 0) is 4.79 Å². The van der Waals surface area contributed by atoms with E-state index in [0.29, 0.717) is 28.3 Å². The highest BCUT2D eigenvalue weighted by atomic mass is 16.2. The van der Waals surface area contributed by atoms with Crippen LogP contribution in [0, 0.1) is 27.7 Å². The van der Waals surface area contributed by atoms with E-state index in [-0.39, 0.29) is 11.8 Å². The molecule has 1 aliphatic rings. The van der Waals surface area contributed by atoms with Crippen LogP contribution in [0.5, 0.6) is 0 Å². The molecular weight excluding hydrogens is 474 g/mol. The highest BCUT2D eigenvalue weighted by molar-refractivity contribution is 6.09. The molecule has 0 aliphatic carbocycles. The third-order valence-electron chi connectivity index (χ3n) is 6.81. The summed E-state index contributed by atoms with van der Waals surface area (Å²) in [5.41, 5.74) is 8.27. The molecule has 2 heterocycles. The van der Waals surface area contributed by atoms with E-state index in [9.17, 15) is 9.59 Å². The number of anilines is 3. The number of hydrogen-bond acceptors (Lipinski definition) is 4. The minimum atomic E-state index is -0.516. The van der Waals surface area contributed by atoms with E-state index >= 15 is 0 Å². The molecule has 0 fully saturated rings. The first-order chi connectivity index (χ1) is 18.2. The second kappa shape index (κ2) is 10.0. The molecule has 0 saturated carbocycles. The van der Waals surface area contributed by atoms with E-state index in [0.717, 1.165) is 33.5 Å². The van der Waals surface area contributed by atoms with Gasteiger partial charge in [-0.1, -0.05) is 65.2 Å². The molecule has 2 amide bonds. The number of hydrogen-bond donors (Lipinski definition) is 3. The first-order valence-corrected chi connectivity index (χ1v) is 12.6. The van der Waals surface area contributed by atoms with Gasteiger partial charge in [-0.3, -0.25) is 9.59 Å². The van der Waals surface area contributed by atoms with E-state index in [2.05, 4.69) is 21.0 Å². The Morgan fingerprint density at radius 3 is 2.24 bits per heavy atom. The number of aromatic nitrogens is 2. The molecule has 7 heteroatoms. The van der Waals surface area contributed by atoms with Crippen molar-refractivity contribution in [3.63, 3.8) is 0 Å². The van der Waals surface area contributed by atoms with Crippen LogP contribution in [0.4, 0.5) is 17.2 Å². The van der Waals surface area contributed by atoms with Gasteiger partial charge in [0.05, 0.1) is 11.8 Å². The summed E-state index contributed by atoms with van der Waals surface area (Å²) in [5.74, 6) is 0.0449. The Labute approximate surface area is 222 Å². The molecule has 1 atom stereocenters. The molecule has 1 aromatic heterocycles. The number of amides is 2. The monoisotopic (exact) mass is 505 g/mol. The number of allylic oxidation sites excluding steroid dienone is 1. The van der Waals surface area contributed by atoms with E-state index in [1.54, 1.807) is 10.9 Å². The van der Waals surface area contributed by atoms with E-state index in [1.807, 2.05) is 101 Å². The Morgan fingerprint density at radius 2 is 1.53 bits per heavy atom. The van der Waals surface area contributed by atoms with Gasteiger partial charge in [0.2, 0.25) is 0 Å². The molecule has 7 nitrogen and oxygen atoms in total. The van der Waals surface area contributed by atoms with Gasteiger partial charge in [-0.2, -0.15) is 5.10 Å². The van der Waals surface area contributed by atoms with E-state index in [4.69, 9.17) is 0 Å². The van der Waals surface area contributed by atoms with Crippen molar-refractivity contribution in [3.05, 3.63) is 118 Å². The van der Waals surface area contributed by atoms with Crippen LogP contribution < -0.4 is 16.0 Å². The molecular formula is C31H31N5O2. The van der Waals surface area contributed by atoms with E-state index in [1.165, 1.54) is 0 Å². The summed E-state index contributed by atoms with van der Waals surface area (Å²) in [6.07, 6.45) is 1.55. The molecule has 0 radical (unpaired) electrons. The van der Waals surface area contributed by atoms with Crippen LogP contribution in [0.1, 0.15) is 51.1 Å². The number of fused-ring (bicyclic) bond motifs is 1. The van der Waals surface area contributed by atoms with Crippen LogP contribution in [-0.4, -0.2) is 21.6 Å². The number of carbonyl (C=O) groups excluding carboxylic acids is 2. The molecule has 1 aliphatic heterocycles. The topological polar surface area (TPSA) is 88.0 Å². The Balaban J connectivity index is 1.54. The number of nitrogens with one attached hydrogen (secondary N) is 3. The lowest BCUT2D eigenvalue weighted by atomic mass is 9.93. The minimum absolute atomic E-state index is 0.222. The lowest BCUT2D eigenvalue weighted by molar-refractivity contribution is -0.113. The average molecular weight is 506 g/mol. The number of nitrogens with zero attached hydrogens (tertiary/aromatic N) is 2. The molecule has 1 unspecified atom stereocenters. The molecule has 3 N–H and O–H groups in total. The summed E-state index contributed by atoms with van der Waals surface area (Å²) < 4.78 is 1.72. The molecule has 0 spiro atoms. The first-order valence-electron chi connectivity index (χ1n) is 12.6. The molecule has 192 valence electrons. The van der Waals surface area contributed by atoms with Crippen LogP contribution in [0.25, 0.3) is 0 Å². The van der Waals surface area contributed by atoms with Gasteiger partial charge in [-0.15, -0.1) is 0 Å². The second-order valence-electron chi connectivity index (χ2n) is 9.92. The Bertz CT molecular complexity index is 1580. The predicted molar refractivity (Wildman–Crippen MR) is 152 cm³/mol. The second-order valence-corrected chi connectivity index (χ2v) is 9.92. The summed E-state index contributed by atoms with van der Waals surface area (Å²) >= 11 is 0. The van der Waals surface area contributed by atoms with Crippen LogP contribution in [0.3, 0.4) is 0 Å². The van der Waals surface area contributed by atoms with Gasteiger partial charge >= 0.3 is 0 Å². The quantitative estimate of drug-likeness (QED) is 0.297. The number of benzene rings is 3. The molecule has 0 saturated heterocycles. The van der Waals surface area contributed by atoms with Crippen molar-refractivity contribution in [1.82, 2.24) is 9.78 Å². The fraction of sp³-hybridized carbons (Fsp3) is 0.194. The third kappa shape index (κ3) is 4.83. The summed E-state index contributed by atoms with van der Waals surface area (Å²) in [5, 5.41) is 13.9. The molecule has 3 aromatic carbocycles. The molecule has 5 rings (SSSR count). The van der Waals surface area contributed by atoms with Crippen LogP contribution in [0.2, 0.25) is 0 Å². The number of aryl methyl sites for hydroxylation is 4. The van der Waals surface area contributed by atoms with Crippen molar-refractivity contribution in [3.8, 4) is 0 Å². The zero-order valence-corrected chi connectivity index (χ0v) is 22.2. The van der Waals surface area contributed by atoms with Crippen molar-refractivity contribution < 1.29 is 9.59 Å². The highest BCUT2D eigenvalue weighted by Crippen LogP contribution is 2.38. The molecule has 0 bridgehead atoms. The van der Waals surface area contributed by atoms with Crippen molar-refractivity contribution in [2.75, 3.05) is 16.0 Å². The lowest BCUT2D eigenvalue weighted by Crippen LogP contribution is -2.32. The highest BCUT2D eigenvalue weighted by Gasteiger charge is 2.35. The Hall–Kier alpha value is -4.65. The summed E-state index contributed by atoms with van der Waals surface area (Å²) in [6.45, 7) is 9.87. The van der Waals surface area contributed by atoms with Gasteiger partial charge in [0.25, 0.3) is 11.8 Å². The lowest BCUT2D eigenvalue weighted by Gasteiger charge is -2.30. The predicted octanol–water partition coefficient (Wildman–Crippen LogP) is 6.30. The van der Waals surface area contributed by atoms with Crippen molar-refractivity contribution >= 4 is 29.0 Å². The smallest absolute Gasteiger partial charge is 0.261 e. The van der Waals surface area contributed by atoms with Crippen molar-refractivity contribution in [2.45, 2.75) is 40.7 Å². The minimum Gasteiger partial charge on any atom is -0.343 e. The largest absolute Gasteiger partial charge is 0.343 e. The van der Waals surface area contributed by atoms with Gasteiger partial charge < -0.3 is 16.0 Å². The zero-order valence-electron chi connectivity index (χ0n) is 22.2. The zero-order chi connectivity index (χ0) is 27.0. The van der Waals surface area contributed by atoms with Crippen LogP contribution in [0.15, 0.2) is 84.2 Å². The first kappa shape index (κ1) is 25.0. The van der Waals surface area contributed by atoms with Gasteiger partial charge in [0.1, 0.15) is 17.4 Å². The number of rotatable bonds is 5. The fourth-order valence-corrected chi connectivity index (χ4v) is 4.84. The van der Waals surface area contributed by atoms with Gasteiger partial charge in [-0.25, -0.2) is 4.68 Å². The summed E-state index contributed by atoms with van der Waals surface area (Å²) in [7, 11) is 0. The Kier molecular flexibility index (Phi) is 6.59. The maximum Gasteiger partial charge on any atom is 0.261 e. The Morgan fingerprint density at radius 1 is 0.816 bits per heavy atom. The number of carbonyl (C=O) groups is 2. The summed E-state index contributed by atoms with van der Waals surface area (Å²) in [4.78, 5) is 27.0. The average Bonchev–Trinajstić information content (AvgIpc) is 3.29. The van der Waals surface area contributed by atoms with Gasteiger partial charge in [-0.05, 0) is 63.9 Å². The molecule has 38 heavy (non-hydrogen) atoms. The van der Waals surface area contributed by atoms with E-state index < -0.39 is 6.04 Å². The molecule has 4 aromatic rings. The fourth-order valence-electron chi connectivity index (χ4n) is 4.84. The summed E-state index contributed by atoms with van der Waals surface area (Å²) in [6, 6.07) is 21.1. The normalized spacial score (nSPS) is 14.5. The third-order valence-corrected chi connectivity index (χ3v) is 6.81. The standard InChI is InChI=1S/C31H31N5O2/c1-18-9-12-24(13-10-18)34-30(37)25-17-32-36-28(23-8-6-7-19(2)16-23)27(22(5)33-29(25)36)31(38)35-26-14-11-20(3)15-21(26)4/h6-17,28,33H,1-5H3,(H,34,37)(H,35,38).